The first-order chi connectivity index (χ1) is 34.7. The Bertz CT molecular complexity index is 2730. The Morgan fingerprint density at radius 2 is 1.63 bits per heavy atom. The molecule has 0 spiro atoms. The molecular weight excluding hydrogens is 910 g/mol. The van der Waals surface area contributed by atoms with Gasteiger partial charge >= 0.3 is 6.09 Å². The zero-order chi connectivity index (χ0) is 49.3. The molecule has 0 bridgehead atoms. The van der Waals surface area contributed by atoms with E-state index in [1.54, 1.807) is 18.2 Å². The molecule has 2 aliphatic heterocycles. The van der Waals surface area contributed by atoms with E-state index in [9.17, 15) is 24.7 Å². The Kier molecular flexibility index (Phi) is 15.7. The number of benzene rings is 5. The van der Waals surface area contributed by atoms with E-state index in [0.717, 1.165) is 54.0 Å². The smallest absolute Gasteiger partial charge is 0.416 e. The molecule has 1 saturated carbocycles. The normalized spacial score (nSPS) is 23.9. The molecule has 5 aromatic carbocycles. The fourth-order valence-corrected chi connectivity index (χ4v) is 10.9. The minimum Gasteiger partial charge on any atom is -0.459 e. The molecule has 5 aromatic rings. The van der Waals surface area contributed by atoms with Crippen LogP contribution in [0.1, 0.15) is 81.3 Å². The lowest BCUT2D eigenvalue weighted by atomic mass is 9.55. The van der Waals surface area contributed by atoms with Gasteiger partial charge in [-0.2, -0.15) is 0 Å². The van der Waals surface area contributed by atoms with E-state index >= 15 is 4.79 Å². The van der Waals surface area contributed by atoms with Crippen LogP contribution in [0, 0.1) is 33.7 Å². The summed E-state index contributed by atoms with van der Waals surface area (Å²) in [6.07, 6.45) is 9.14. The van der Waals surface area contributed by atoms with Crippen LogP contribution in [-0.4, -0.2) is 76.4 Å². The van der Waals surface area contributed by atoms with Gasteiger partial charge in [-0.25, -0.2) is 9.18 Å². The number of amides is 1. The lowest BCUT2D eigenvalue weighted by molar-refractivity contribution is -0.384. The molecule has 7 atom stereocenters. The van der Waals surface area contributed by atoms with Gasteiger partial charge in [0.2, 0.25) is 12.1 Å². The van der Waals surface area contributed by atoms with Gasteiger partial charge in [-0.05, 0) is 127 Å². The quantitative estimate of drug-likeness (QED) is 0.0329. The highest BCUT2D eigenvalue weighted by Gasteiger charge is 2.66. The second-order valence-electron chi connectivity index (χ2n) is 18.7. The van der Waals surface area contributed by atoms with Crippen molar-refractivity contribution in [3.63, 3.8) is 0 Å². The second-order valence-corrected chi connectivity index (χ2v) is 18.7. The molecule has 9 rings (SSSR count). The minimum absolute atomic E-state index is 0.0152. The van der Waals surface area contributed by atoms with Gasteiger partial charge in [0.15, 0.2) is 0 Å². The molecule has 0 aromatic heterocycles. The molecule has 15 heteroatoms. The van der Waals surface area contributed by atoms with Gasteiger partial charge in [0.25, 0.3) is 5.69 Å². The van der Waals surface area contributed by atoms with Crippen LogP contribution in [0.2, 0.25) is 0 Å². The number of ether oxygens (including phenoxy) is 5. The summed E-state index contributed by atoms with van der Waals surface area (Å²) < 4.78 is 47.8. The van der Waals surface area contributed by atoms with Crippen molar-refractivity contribution in [2.24, 2.45) is 22.9 Å². The van der Waals surface area contributed by atoms with E-state index in [1.165, 1.54) is 41.3 Å². The molecular formula is C56H60FN3O11. The number of oxime groups is 1. The fraction of sp³-hybridized carbons (Fsp3) is 0.393. The Morgan fingerprint density at radius 3 is 2.37 bits per heavy atom. The Labute approximate surface area is 412 Å². The number of aliphatic hydroxyl groups is 2. The van der Waals surface area contributed by atoms with Crippen LogP contribution < -0.4 is 14.2 Å². The number of rotatable bonds is 20. The van der Waals surface area contributed by atoms with Gasteiger partial charge in [-0.1, -0.05) is 72.6 Å². The average molecular weight is 970 g/mol. The van der Waals surface area contributed by atoms with Crippen molar-refractivity contribution in [2.75, 3.05) is 26.4 Å². The average Bonchev–Trinajstić information content (AvgIpc) is 3.39. The zero-order valence-electron chi connectivity index (χ0n) is 39.6. The first-order valence-corrected chi connectivity index (χ1v) is 24.7. The van der Waals surface area contributed by atoms with E-state index < -0.39 is 40.9 Å². The van der Waals surface area contributed by atoms with Crippen LogP contribution >= 0.6 is 0 Å². The minimum atomic E-state index is -1.65. The number of carbonyl (C=O) groups is 1. The summed E-state index contributed by atoms with van der Waals surface area (Å²) >= 11 is 0. The number of hydrogen-bond donors (Lipinski definition) is 2. The molecule has 1 amide bonds. The number of nitro benzene ring substituents is 1. The number of halogens is 1. The number of allylic oxidation sites excluding steroid dienone is 1. The van der Waals surface area contributed by atoms with Crippen molar-refractivity contribution in [3.8, 4) is 23.0 Å². The summed E-state index contributed by atoms with van der Waals surface area (Å²) in [7, 11) is 0. The lowest BCUT2D eigenvalue weighted by Crippen LogP contribution is -2.70. The maximum absolute atomic E-state index is 15.1. The predicted octanol–water partition coefficient (Wildman–Crippen LogP) is 11.5. The largest absolute Gasteiger partial charge is 0.459 e. The van der Waals surface area contributed by atoms with Gasteiger partial charge in [0, 0.05) is 56.2 Å². The van der Waals surface area contributed by atoms with E-state index in [4.69, 9.17) is 33.7 Å². The second kappa shape index (κ2) is 22.6. The van der Waals surface area contributed by atoms with E-state index in [1.807, 2.05) is 54.6 Å². The number of nitrogens with zero attached hydrogens (tertiary/aromatic N) is 3. The molecule has 4 aliphatic rings. The summed E-state index contributed by atoms with van der Waals surface area (Å²) in [4.78, 5) is 34.0. The number of non-ortho nitro benzene ring substituents is 1. The molecule has 372 valence electrons. The number of carbonyl (C=O) groups excluding carboxylic acids is 1. The first kappa shape index (κ1) is 49.3. The van der Waals surface area contributed by atoms with Crippen molar-refractivity contribution in [3.05, 3.63) is 161 Å². The van der Waals surface area contributed by atoms with Crippen molar-refractivity contribution in [2.45, 2.75) is 94.8 Å². The van der Waals surface area contributed by atoms with E-state index in [0.29, 0.717) is 60.8 Å². The molecule has 2 heterocycles. The number of aliphatic hydroxyl groups excluding tert-OH is 2. The lowest BCUT2D eigenvalue weighted by Gasteiger charge is -2.59. The highest BCUT2D eigenvalue weighted by Crippen LogP contribution is 2.62. The monoisotopic (exact) mass is 969 g/mol. The molecule has 7 unspecified atom stereocenters. The summed E-state index contributed by atoms with van der Waals surface area (Å²) in [5.74, 6) is -1.39. The summed E-state index contributed by atoms with van der Waals surface area (Å²) in [5, 5.41) is 38.8. The molecule has 2 N–H and O–H groups in total. The van der Waals surface area contributed by atoms with Gasteiger partial charge in [0.05, 0.1) is 29.8 Å². The van der Waals surface area contributed by atoms with Crippen molar-refractivity contribution in [1.82, 2.24) is 4.90 Å². The van der Waals surface area contributed by atoms with Crippen LogP contribution in [0.4, 0.5) is 14.9 Å². The van der Waals surface area contributed by atoms with Crippen molar-refractivity contribution in [1.29, 1.82) is 0 Å². The molecule has 1 saturated heterocycles. The number of unbranched alkanes of at least 4 members (excludes halogenated alkanes) is 2. The highest BCUT2D eigenvalue weighted by molar-refractivity contribution is 6.03. The van der Waals surface area contributed by atoms with Gasteiger partial charge in [0.1, 0.15) is 34.9 Å². The SMILES string of the molecule is C=CCOC12Oc3ccc(Oc4ccc5ccccc5c4)cc3C3C(CCCCO)C(CCCCO)C=C(C(=NOC4CCCCO4)CC1N(Cc1ccc(F)cc1)C(=O)Oc1ccc([N+](=O)[O-])cc1)C32. The van der Waals surface area contributed by atoms with Crippen LogP contribution in [0.3, 0.4) is 0 Å². The topological polar surface area (TPSA) is 172 Å². The first-order valence-electron chi connectivity index (χ1n) is 24.7. The number of hydrogen-bond acceptors (Lipinski definition) is 12. The Morgan fingerprint density at radius 1 is 0.901 bits per heavy atom. The molecule has 71 heavy (non-hydrogen) atoms. The maximum atomic E-state index is 15.1. The molecule has 2 fully saturated rings. The third-order valence-electron chi connectivity index (χ3n) is 14.1. The number of fused-ring (bicyclic) bond motifs is 3. The molecule has 2 aliphatic carbocycles. The van der Waals surface area contributed by atoms with Crippen LogP contribution in [0.15, 0.2) is 139 Å². The summed E-state index contributed by atoms with van der Waals surface area (Å²) in [5.41, 5.74) is 2.66. The predicted molar refractivity (Wildman–Crippen MR) is 265 cm³/mol. The van der Waals surface area contributed by atoms with E-state index in [-0.39, 0.29) is 62.0 Å². The maximum Gasteiger partial charge on any atom is 0.416 e. The van der Waals surface area contributed by atoms with Crippen LogP contribution in [-0.2, 0) is 20.9 Å². The van der Waals surface area contributed by atoms with Crippen LogP contribution in [0.5, 0.6) is 23.0 Å². The van der Waals surface area contributed by atoms with Crippen LogP contribution in [0.25, 0.3) is 10.8 Å². The van der Waals surface area contributed by atoms with Crippen molar-refractivity contribution >= 4 is 28.3 Å². The van der Waals surface area contributed by atoms with Gasteiger partial charge < -0.3 is 38.7 Å². The summed E-state index contributed by atoms with van der Waals surface area (Å²) in [6, 6.07) is 29.9. The Hall–Kier alpha value is -6.65. The van der Waals surface area contributed by atoms with Crippen molar-refractivity contribution < 1.29 is 52.8 Å². The third-order valence-corrected chi connectivity index (χ3v) is 14.1. The molecule has 0 radical (unpaired) electrons. The zero-order valence-corrected chi connectivity index (χ0v) is 39.6. The Balaban J connectivity index is 1.24. The van der Waals surface area contributed by atoms with E-state index in [2.05, 4.69) is 18.7 Å². The highest BCUT2D eigenvalue weighted by atomic mass is 19.1. The number of nitro groups is 1. The fourth-order valence-electron chi connectivity index (χ4n) is 10.9. The third kappa shape index (κ3) is 11.0. The summed E-state index contributed by atoms with van der Waals surface area (Å²) in [6.45, 7) is 4.57. The standard InChI is InChI=1S/C56H60FN3O11/c1-2-30-67-56-51(59(36-37-16-19-41(57)20-17-37)55(63)69-43-24-21-42(22-25-43)60(64)65)35-49(58-71-52-15-7-10-31-66-52)47-33-40(13-5-8-28-61)46(14-6-9-29-62)53(54(47)56)48-34-45(26-27-50(48)70-56)68-44-23-18-38-11-3-4-12-39(38)32-44/h2-4,11-12,16-27,32-34,40,46,51-54,61-62H,1,5-10,13-15,28-31,35-36H2. The van der Waals surface area contributed by atoms with Gasteiger partial charge in [-0.15, -0.1) is 6.58 Å². The molecule has 14 nitrogen and oxygen atoms in total. The van der Waals surface area contributed by atoms with Gasteiger partial charge in [-0.3, -0.25) is 15.0 Å².